The molecule has 0 saturated heterocycles. The Hall–Kier alpha value is -3.12. The Balaban J connectivity index is 1.33. The first-order chi connectivity index (χ1) is 20.5. The lowest BCUT2D eigenvalue weighted by atomic mass is 9.45. The van der Waals surface area contributed by atoms with E-state index in [-0.39, 0.29) is 60.6 Å². The van der Waals surface area contributed by atoms with E-state index in [1.807, 2.05) is 6.92 Å². The zero-order chi connectivity index (χ0) is 32.6. The van der Waals surface area contributed by atoms with Crippen molar-refractivity contribution in [1.82, 2.24) is 10.6 Å². The van der Waals surface area contributed by atoms with E-state index in [9.17, 15) is 39.0 Å². The number of esters is 1. The summed E-state index contributed by atoms with van der Waals surface area (Å²) in [6, 6.07) is -0.995. The lowest BCUT2D eigenvalue weighted by Crippen LogP contribution is -2.62. The molecule has 244 valence electrons. The molecule has 0 aromatic rings. The van der Waals surface area contributed by atoms with Crippen molar-refractivity contribution in [3.05, 3.63) is 11.6 Å². The number of aliphatic hydroxyl groups is 2. The van der Waals surface area contributed by atoms with Gasteiger partial charge in [-0.1, -0.05) is 33.3 Å². The summed E-state index contributed by atoms with van der Waals surface area (Å²) in [6.45, 7) is 6.08. The smallest absolute Gasteiger partial charge is 0.322 e. The number of ether oxygens (including phenoxy) is 1. The maximum absolute atomic E-state index is 13.4. The number of fused-ring (bicyclic) bond motifs is 5. The van der Waals surface area contributed by atoms with Crippen molar-refractivity contribution >= 4 is 35.3 Å². The van der Waals surface area contributed by atoms with Crippen LogP contribution in [0.4, 0.5) is 0 Å². The van der Waals surface area contributed by atoms with Gasteiger partial charge >= 0.3 is 11.9 Å². The number of ketones is 2. The van der Waals surface area contributed by atoms with Gasteiger partial charge < -0.3 is 30.7 Å². The molecule has 0 aromatic heterocycles. The van der Waals surface area contributed by atoms with Crippen LogP contribution in [-0.2, 0) is 33.5 Å². The highest BCUT2D eigenvalue weighted by atomic mass is 16.5. The number of aliphatic carboxylic acids is 1. The lowest BCUT2D eigenvalue weighted by molar-refractivity contribution is -0.184. The van der Waals surface area contributed by atoms with E-state index in [1.54, 1.807) is 19.9 Å². The molecule has 0 radical (unpaired) electrons. The number of hydrogen-bond acceptors (Lipinski definition) is 9. The summed E-state index contributed by atoms with van der Waals surface area (Å²) >= 11 is 0. The minimum Gasteiger partial charge on any atom is -0.480 e. The molecular formula is C32H46N2O10. The standard InChI is InChI=1S/C32H46N2O10/c1-17(2)28(29(42)33-15-25(39)40)34-24(38)7-8-26(41)44-16-23(37)32(43)12-10-21-20-6-5-18-13-19(35)9-11-30(18,3)27(20)22(36)14-31(21,32)4/h13,17,20-22,27-28,36,43H,5-12,14-16H2,1-4H3,(H,33,42)(H,34,38)(H,39,40)/t20-,21+,22+,27+,28+,30+,31+,32+/m1/s1. The van der Waals surface area contributed by atoms with Crippen LogP contribution < -0.4 is 10.6 Å². The molecular weight excluding hydrogens is 572 g/mol. The Morgan fingerprint density at radius 1 is 1.07 bits per heavy atom. The number of amides is 2. The minimum atomic E-state index is -1.78. The maximum Gasteiger partial charge on any atom is 0.322 e. The Labute approximate surface area is 257 Å². The van der Waals surface area contributed by atoms with E-state index in [0.29, 0.717) is 19.3 Å². The van der Waals surface area contributed by atoms with Crippen molar-refractivity contribution in [3.63, 3.8) is 0 Å². The highest BCUT2D eigenvalue weighted by molar-refractivity contribution is 5.93. The molecule has 44 heavy (non-hydrogen) atoms. The van der Waals surface area contributed by atoms with E-state index in [1.165, 1.54) is 0 Å². The molecule has 12 heteroatoms. The molecule has 3 fully saturated rings. The fourth-order valence-corrected chi connectivity index (χ4v) is 8.76. The molecule has 8 atom stereocenters. The number of rotatable bonds is 11. The van der Waals surface area contributed by atoms with Crippen LogP contribution in [-0.4, -0.2) is 81.5 Å². The molecule has 2 amide bonds. The third-order valence-electron chi connectivity index (χ3n) is 11.1. The number of allylic oxidation sites excluding steroid dienone is 1. The molecule has 3 saturated carbocycles. The first-order valence-electron chi connectivity index (χ1n) is 15.7. The number of carboxylic acids is 1. The van der Waals surface area contributed by atoms with Gasteiger partial charge in [0.15, 0.2) is 12.4 Å². The first kappa shape index (κ1) is 33.8. The molecule has 4 rings (SSSR count). The fraction of sp³-hybridized carbons (Fsp3) is 0.750. The summed E-state index contributed by atoms with van der Waals surface area (Å²) in [6.07, 6.45) is 4.01. The fourth-order valence-electron chi connectivity index (χ4n) is 8.76. The largest absolute Gasteiger partial charge is 0.480 e. The number of aliphatic hydroxyl groups excluding tert-OH is 1. The zero-order valence-corrected chi connectivity index (χ0v) is 26.0. The van der Waals surface area contributed by atoms with Crippen LogP contribution in [0.3, 0.4) is 0 Å². The zero-order valence-electron chi connectivity index (χ0n) is 26.0. The second-order valence-electron chi connectivity index (χ2n) is 14.0. The number of nitrogens with one attached hydrogen (secondary N) is 2. The van der Waals surface area contributed by atoms with Crippen molar-refractivity contribution in [2.24, 2.45) is 34.5 Å². The van der Waals surface area contributed by atoms with Gasteiger partial charge in [-0.15, -0.1) is 0 Å². The first-order valence-corrected chi connectivity index (χ1v) is 15.7. The molecule has 0 spiro atoms. The highest BCUT2D eigenvalue weighted by Gasteiger charge is 2.68. The van der Waals surface area contributed by atoms with Gasteiger partial charge in [-0.3, -0.25) is 28.8 Å². The number of carbonyl (C=O) groups excluding carboxylic acids is 5. The van der Waals surface area contributed by atoms with Crippen LogP contribution in [0.5, 0.6) is 0 Å². The van der Waals surface area contributed by atoms with E-state index >= 15 is 0 Å². The quantitative estimate of drug-likeness (QED) is 0.211. The molecule has 0 aromatic carbocycles. The number of hydrogen-bond donors (Lipinski definition) is 5. The van der Waals surface area contributed by atoms with Gasteiger partial charge in [-0.2, -0.15) is 0 Å². The summed E-state index contributed by atoms with van der Waals surface area (Å²) < 4.78 is 5.18. The van der Waals surface area contributed by atoms with Crippen molar-refractivity contribution in [3.8, 4) is 0 Å². The van der Waals surface area contributed by atoms with E-state index in [0.717, 1.165) is 18.4 Å². The molecule has 4 aliphatic carbocycles. The van der Waals surface area contributed by atoms with Crippen molar-refractivity contribution in [2.75, 3.05) is 13.2 Å². The van der Waals surface area contributed by atoms with Gasteiger partial charge in [-0.05, 0) is 73.7 Å². The van der Waals surface area contributed by atoms with Gasteiger partial charge in [0.2, 0.25) is 17.6 Å². The third-order valence-corrected chi connectivity index (χ3v) is 11.1. The summed E-state index contributed by atoms with van der Waals surface area (Å²) in [7, 11) is 0. The summed E-state index contributed by atoms with van der Waals surface area (Å²) in [5, 5.41) is 36.8. The molecule has 5 N–H and O–H groups in total. The number of carbonyl (C=O) groups is 6. The second-order valence-corrected chi connectivity index (χ2v) is 14.0. The highest BCUT2D eigenvalue weighted by Crippen LogP contribution is 2.67. The second kappa shape index (κ2) is 12.7. The van der Waals surface area contributed by atoms with Crippen molar-refractivity contribution in [1.29, 1.82) is 0 Å². The van der Waals surface area contributed by atoms with Crippen molar-refractivity contribution < 1.29 is 48.8 Å². The predicted molar refractivity (Wildman–Crippen MR) is 156 cm³/mol. The van der Waals surface area contributed by atoms with Crippen LogP contribution in [0, 0.1) is 34.5 Å². The van der Waals surface area contributed by atoms with Gasteiger partial charge in [-0.25, -0.2) is 0 Å². The van der Waals surface area contributed by atoms with Crippen molar-refractivity contribution in [2.45, 2.75) is 103 Å². The summed E-state index contributed by atoms with van der Waals surface area (Å²) in [4.78, 5) is 73.4. The van der Waals surface area contributed by atoms with E-state index in [4.69, 9.17) is 9.84 Å². The molecule has 4 aliphatic rings. The average Bonchev–Trinajstić information content (AvgIpc) is 3.22. The molecule has 12 nitrogen and oxygen atoms in total. The monoisotopic (exact) mass is 618 g/mol. The predicted octanol–water partition coefficient (Wildman–Crippen LogP) is 1.45. The molecule has 0 heterocycles. The number of Topliss-reactive ketones (excluding diaryl/α,β-unsaturated/α-hetero) is 1. The molecule has 0 aliphatic heterocycles. The molecule has 0 unspecified atom stereocenters. The lowest BCUT2D eigenvalue weighted by Gasteiger charge is -2.60. The minimum absolute atomic E-state index is 0.0122. The van der Waals surface area contributed by atoms with Crippen LogP contribution in [0.2, 0.25) is 0 Å². The summed E-state index contributed by atoms with van der Waals surface area (Å²) in [5.74, 6) is -4.15. The Morgan fingerprint density at radius 3 is 2.43 bits per heavy atom. The normalized spacial score (nSPS) is 35.0. The van der Waals surface area contributed by atoms with Gasteiger partial charge in [0.25, 0.3) is 0 Å². The molecule has 0 bridgehead atoms. The summed E-state index contributed by atoms with van der Waals surface area (Å²) in [5.41, 5.74) is -1.88. The number of carboxylic acid groups (broad SMARTS) is 1. The topological polar surface area (TPSA) is 196 Å². The van der Waals surface area contributed by atoms with Crippen LogP contribution in [0.15, 0.2) is 11.6 Å². The Bertz CT molecular complexity index is 1250. The van der Waals surface area contributed by atoms with E-state index in [2.05, 4.69) is 17.6 Å². The van der Waals surface area contributed by atoms with Gasteiger partial charge in [0, 0.05) is 18.3 Å². The van der Waals surface area contributed by atoms with Crippen LogP contribution >= 0.6 is 0 Å². The van der Waals surface area contributed by atoms with Crippen LogP contribution in [0.25, 0.3) is 0 Å². The Kier molecular flexibility index (Phi) is 9.75. The van der Waals surface area contributed by atoms with E-state index < -0.39 is 65.8 Å². The van der Waals surface area contributed by atoms with Crippen LogP contribution in [0.1, 0.15) is 85.5 Å². The van der Waals surface area contributed by atoms with Gasteiger partial charge in [0.05, 0.1) is 12.5 Å². The SMILES string of the molecule is CC(C)[C@H](NC(=O)CCC(=O)OCC(=O)[C@@]1(O)CC[C@H]2[C@H]3CCC4=CC(=O)CC[C@]4(C)[C@@H]3[C@@H](O)C[C@@]21C)C(=O)NCC(=O)O. The average molecular weight is 619 g/mol. The maximum atomic E-state index is 13.4. The van der Waals surface area contributed by atoms with Gasteiger partial charge in [0.1, 0.15) is 18.2 Å². The third kappa shape index (κ3) is 6.20. The Morgan fingerprint density at radius 2 is 1.77 bits per heavy atom.